The predicted octanol–water partition coefficient (Wildman–Crippen LogP) is 0.771. The normalized spacial score (nSPS) is 11.6. The Labute approximate surface area is 175 Å². The summed E-state index contributed by atoms with van der Waals surface area (Å²) in [6.45, 7) is 8.46. The first kappa shape index (κ1) is 19.5. The molecular weight excluding hydrogens is 299 g/mol. The molecule has 1 aromatic carbocycles. The quantitative estimate of drug-likeness (QED) is 0.475. The van der Waals surface area contributed by atoms with E-state index in [0.717, 1.165) is 16.8 Å². The SMILES string of the molecule is CC(C)c1cccc(C(C)C)c1N=C([O-])c1ccccn1.[K+]. The summed E-state index contributed by atoms with van der Waals surface area (Å²) in [5.74, 6) is 0.351. The minimum absolute atomic E-state index is 0. The van der Waals surface area contributed by atoms with Gasteiger partial charge in [0.1, 0.15) is 0 Å². The number of rotatable bonds is 4. The molecule has 0 fully saturated rings. The number of aliphatic imine (C=N–C) groups is 1. The second-order valence-corrected chi connectivity index (χ2v) is 5.73. The molecule has 0 amide bonds. The third-order valence-corrected chi connectivity index (χ3v) is 3.44. The van der Waals surface area contributed by atoms with E-state index in [4.69, 9.17) is 0 Å². The van der Waals surface area contributed by atoms with Crippen LogP contribution >= 0.6 is 0 Å². The number of hydrogen-bond donors (Lipinski definition) is 0. The number of pyridine rings is 1. The van der Waals surface area contributed by atoms with Gasteiger partial charge in [-0.2, -0.15) is 0 Å². The molecule has 0 unspecified atom stereocenters. The summed E-state index contributed by atoms with van der Waals surface area (Å²) >= 11 is 0. The number of aromatic nitrogens is 1. The largest absolute Gasteiger partial charge is 1.00 e. The molecule has 0 aliphatic heterocycles. The zero-order valence-electron chi connectivity index (χ0n) is 14.0. The van der Waals surface area contributed by atoms with Crippen molar-refractivity contribution in [1.82, 2.24) is 4.98 Å². The smallest absolute Gasteiger partial charge is 0.857 e. The fraction of sp³-hybridized carbons (Fsp3) is 0.333. The van der Waals surface area contributed by atoms with Gasteiger partial charge in [-0.1, -0.05) is 52.0 Å². The summed E-state index contributed by atoms with van der Waals surface area (Å²) in [6.07, 6.45) is 1.61. The van der Waals surface area contributed by atoms with Crippen molar-refractivity contribution in [2.24, 2.45) is 4.99 Å². The van der Waals surface area contributed by atoms with E-state index in [-0.39, 0.29) is 57.3 Å². The summed E-state index contributed by atoms with van der Waals surface area (Å²) in [5, 5.41) is 12.3. The van der Waals surface area contributed by atoms with Gasteiger partial charge >= 0.3 is 51.4 Å². The molecule has 0 saturated carbocycles. The molecule has 0 atom stereocenters. The van der Waals surface area contributed by atoms with Gasteiger partial charge < -0.3 is 5.11 Å². The Bertz CT molecular complexity index is 611. The van der Waals surface area contributed by atoms with Crippen molar-refractivity contribution in [3.63, 3.8) is 0 Å². The molecule has 3 nitrogen and oxygen atoms in total. The fourth-order valence-corrected chi connectivity index (χ4v) is 2.29. The first-order chi connectivity index (χ1) is 10.0. The van der Waals surface area contributed by atoms with Crippen LogP contribution in [0.15, 0.2) is 47.6 Å². The van der Waals surface area contributed by atoms with E-state index in [9.17, 15) is 5.11 Å². The van der Waals surface area contributed by atoms with Gasteiger partial charge in [0.05, 0.1) is 11.4 Å². The zero-order chi connectivity index (χ0) is 15.4. The van der Waals surface area contributed by atoms with Crippen molar-refractivity contribution in [3.8, 4) is 0 Å². The minimum Gasteiger partial charge on any atom is -0.857 e. The maximum absolute atomic E-state index is 12.3. The molecule has 110 valence electrons. The van der Waals surface area contributed by atoms with E-state index in [1.165, 1.54) is 0 Å². The molecule has 1 heterocycles. The molecule has 4 heteroatoms. The van der Waals surface area contributed by atoms with Crippen LogP contribution in [-0.4, -0.2) is 10.9 Å². The van der Waals surface area contributed by atoms with Crippen molar-refractivity contribution >= 4 is 11.6 Å². The molecule has 0 bridgehead atoms. The summed E-state index contributed by atoms with van der Waals surface area (Å²) in [5.41, 5.74) is 3.39. The van der Waals surface area contributed by atoms with Gasteiger partial charge in [-0.05, 0) is 35.1 Å². The predicted molar refractivity (Wildman–Crippen MR) is 85.1 cm³/mol. The van der Waals surface area contributed by atoms with Gasteiger partial charge in [-0.25, -0.2) is 0 Å². The number of nitrogens with zero attached hydrogens (tertiary/aromatic N) is 2. The van der Waals surface area contributed by atoms with Crippen LogP contribution in [0, 0.1) is 0 Å². The van der Waals surface area contributed by atoms with Gasteiger partial charge in [0.15, 0.2) is 0 Å². The second kappa shape index (κ2) is 8.94. The summed E-state index contributed by atoms with van der Waals surface area (Å²) in [6, 6.07) is 11.4. The van der Waals surface area contributed by atoms with Gasteiger partial charge in [-0.15, -0.1) is 0 Å². The first-order valence-corrected chi connectivity index (χ1v) is 7.30. The summed E-state index contributed by atoms with van der Waals surface area (Å²) in [4.78, 5) is 8.45. The number of benzene rings is 1. The monoisotopic (exact) mass is 320 g/mol. The summed E-state index contributed by atoms with van der Waals surface area (Å²) in [7, 11) is 0. The Morgan fingerprint density at radius 3 is 2.00 bits per heavy atom. The fourth-order valence-electron chi connectivity index (χ4n) is 2.29. The average Bonchev–Trinajstić information content (AvgIpc) is 2.47. The van der Waals surface area contributed by atoms with Crippen molar-refractivity contribution in [1.29, 1.82) is 0 Å². The number of hydrogen-bond acceptors (Lipinski definition) is 3. The molecule has 0 spiro atoms. The number of para-hydroxylation sites is 1. The molecule has 22 heavy (non-hydrogen) atoms. The van der Waals surface area contributed by atoms with Crippen LogP contribution in [0.3, 0.4) is 0 Å². The standard InChI is InChI=1S/C18H22N2O.K/c1-12(2)14-8-7-9-15(13(3)4)17(14)20-18(21)16-10-5-6-11-19-16;/h5-13H,1-4H3,(H,20,21);/q;+1/p-1. The maximum Gasteiger partial charge on any atom is 1.00 e. The minimum atomic E-state index is -0.286. The van der Waals surface area contributed by atoms with Crippen LogP contribution in [0.5, 0.6) is 0 Å². The molecular formula is C18H21KN2O. The van der Waals surface area contributed by atoms with Crippen LogP contribution in [-0.2, 0) is 0 Å². The van der Waals surface area contributed by atoms with E-state index in [0.29, 0.717) is 17.5 Å². The molecule has 0 saturated heterocycles. The van der Waals surface area contributed by atoms with E-state index in [1.54, 1.807) is 24.4 Å². The van der Waals surface area contributed by atoms with E-state index < -0.39 is 0 Å². The van der Waals surface area contributed by atoms with Gasteiger partial charge in [0.25, 0.3) is 0 Å². The second-order valence-electron chi connectivity index (χ2n) is 5.73. The zero-order valence-corrected chi connectivity index (χ0v) is 17.1. The molecule has 0 radical (unpaired) electrons. The van der Waals surface area contributed by atoms with E-state index in [2.05, 4.69) is 37.7 Å². The third-order valence-electron chi connectivity index (χ3n) is 3.44. The Hall–Kier alpha value is -0.524. The van der Waals surface area contributed by atoms with Crippen LogP contribution in [0.4, 0.5) is 5.69 Å². The van der Waals surface area contributed by atoms with Crippen molar-refractivity contribution in [3.05, 3.63) is 59.4 Å². The molecule has 1 aromatic heterocycles. The molecule has 0 aliphatic carbocycles. The third kappa shape index (κ3) is 4.73. The molecule has 2 rings (SSSR count). The summed E-state index contributed by atoms with van der Waals surface area (Å²) < 4.78 is 0. The van der Waals surface area contributed by atoms with Crippen molar-refractivity contribution in [2.45, 2.75) is 39.5 Å². The van der Waals surface area contributed by atoms with Gasteiger partial charge in [0, 0.05) is 12.1 Å². The molecule has 2 aromatic rings. The Morgan fingerprint density at radius 2 is 1.55 bits per heavy atom. The Balaban J connectivity index is 0.00000242. The van der Waals surface area contributed by atoms with Gasteiger partial charge in [0.2, 0.25) is 0 Å². The maximum atomic E-state index is 12.3. The topological polar surface area (TPSA) is 48.3 Å². The van der Waals surface area contributed by atoms with Crippen molar-refractivity contribution < 1.29 is 56.5 Å². The van der Waals surface area contributed by atoms with Crippen LogP contribution < -0.4 is 56.5 Å². The van der Waals surface area contributed by atoms with Crippen LogP contribution in [0.2, 0.25) is 0 Å². The van der Waals surface area contributed by atoms with Crippen molar-refractivity contribution in [2.75, 3.05) is 0 Å². The van der Waals surface area contributed by atoms with Crippen LogP contribution in [0.25, 0.3) is 0 Å². The Morgan fingerprint density at radius 1 is 0.955 bits per heavy atom. The average molecular weight is 320 g/mol. The first-order valence-electron chi connectivity index (χ1n) is 7.30. The van der Waals surface area contributed by atoms with Gasteiger partial charge in [-0.3, -0.25) is 9.98 Å². The Kier molecular flexibility index (Phi) is 7.93. The van der Waals surface area contributed by atoms with E-state index in [1.807, 2.05) is 18.2 Å². The molecule has 0 N–H and O–H groups in total. The van der Waals surface area contributed by atoms with Crippen LogP contribution in [0.1, 0.15) is 56.4 Å². The molecule has 0 aliphatic rings. The van der Waals surface area contributed by atoms with E-state index >= 15 is 0 Å².